The van der Waals surface area contributed by atoms with Crippen LogP contribution < -0.4 is 10.1 Å². The second-order valence-electron chi connectivity index (χ2n) is 9.27. The lowest BCUT2D eigenvalue weighted by molar-refractivity contribution is -0.177. The van der Waals surface area contributed by atoms with E-state index in [1.165, 1.54) is 24.0 Å². The zero-order valence-electron chi connectivity index (χ0n) is 21.0. The smallest absolute Gasteiger partial charge is 0.397 e. The van der Waals surface area contributed by atoms with E-state index in [0.29, 0.717) is 39.6 Å². The quantitative estimate of drug-likeness (QED) is 0.383. The van der Waals surface area contributed by atoms with Crippen molar-refractivity contribution in [3.8, 4) is 17.1 Å². The van der Waals surface area contributed by atoms with E-state index in [1.54, 1.807) is 44.3 Å². The third-order valence-corrected chi connectivity index (χ3v) is 6.54. The number of benzene rings is 1. The Morgan fingerprint density at radius 1 is 1.19 bits per heavy atom. The molecule has 0 saturated carbocycles. The van der Waals surface area contributed by atoms with Crippen molar-refractivity contribution < 1.29 is 32.2 Å². The summed E-state index contributed by atoms with van der Waals surface area (Å²) in [5.74, 6) is 1.01. The SMILES string of the molecule is CCC(F)(F)Oc1ccc(NC(=O)N2CCC(F)(c3ncc(-c4ccc(CO)o4)cc3C)CC2)cc1C. The molecule has 0 bridgehead atoms. The molecule has 1 aromatic carbocycles. The number of amides is 2. The van der Waals surface area contributed by atoms with Crippen LogP contribution >= 0.6 is 0 Å². The van der Waals surface area contributed by atoms with Crippen LogP contribution in [0.4, 0.5) is 23.7 Å². The number of carbonyl (C=O) groups is 1. The minimum absolute atomic E-state index is 0.0415. The summed E-state index contributed by atoms with van der Waals surface area (Å²) in [6, 6.07) is 9.24. The van der Waals surface area contributed by atoms with Gasteiger partial charge in [-0.25, -0.2) is 9.18 Å². The fourth-order valence-electron chi connectivity index (χ4n) is 4.37. The summed E-state index contributed by atoms with van der Waals surface area (Å²) in [4.78, 5) is 18.7. The number of hydrogen-bond donors (Lipinski definition) is 2. The van der Waals surface area contributed by atoms with E-state index in [9.17, 15) is 18.7 Å². The molecule has 198 valence electrons. The normalized spacial score (nSPS) is 15.5. The van der Waals surface area contributed by atoms with Crippen molar-refractivity contribution in [2.24, 2.45) is 0 Å². The summed E-state index contributed by atoms with van der Waals surface area (Å²) in [5.41, 5.74) is 0.901. The number of rotatable bonds is 7. The maximum absolute atomic E-state index is 15.9. The third-order valence-electron chi connectivity index (χ3n) is 6.54. The van der Waals surface area contributed by atoms with Gasteiger partial charge in [-0.05, 0) is 61.4 Å². The Labute approximate surface area is 213 Å². The number of ether oxygens (including phenoxy) is 1. The number of likely N-dealkylation sites (tertiary alicyclic amines) is 1. The summed E-state index contributed by atoms with van der Waals surface area (Å²) in [5, 5.41) is 11.9. The lowest BCUT2D eigenvalue weighted by Crippen LogP contribution is -2.45. The summed E-state index contributed by atoms with van der Waals surface area (Å²) in [7, 11) is 0. The zero-order valence-corrected chi connectivity index (χ0v) is 21.0. The highest BCUT2D eigenvalue weighted by atomic mass is 19.3. The van der Waals surface area contributed by atoms with Crippen molar-refractivity contribution in [1.82, 2.24) is 9.88 Å². The number of alkyl halides is 3. The van der Waals surface area contributed by atoms with Gasteiger partial charge in [0.2, 0.25) is 0 Å². The lowest BCUT2D eigenvalue weighted by atomic mass is 9.87. The molecule has 0 aliphatic carbocycles. The van der Waals surface area contributed by atoms with Crippen LogP contribution in [0, 0.1) is 13.8 Å². The minimum Gasteiger partial charge on any atom is -0.459 e. The van der Waals surface area contributed by atoms with Gasteiger partial charge in [-0.3, -0.25) is 4.98 Å². The first kappa shape index (κ1) is 26.5. The molecule has 0 unspecified atom stereocenters. The molecule has 2 aromatic heterocycles. The van der Waals surface area contributed by atoms with Crippen LogP contribution in [0.1, 0.15) is 48.8 Å². The predicted octanol–water partition coefficient (Wildman–Crippen LogP) is 6.33. The highest BCUT2D eigenvalue weighted by Crippen LogP contribution is 2.39. The van der Waals surface area contributed by atoms with Crippen LogP contribution in [0.2, 0.25) is 0 Å². The van der Waals surface area contributed by atoms with Crippen molar-refractivity contribution in [1.29, 1.82) is 0 Å². The van der Waals surface area contributed by atoms with Gasteiger partial charge in [-0.15, -0.1) is 0 Å². The van der Waals surface area contributed by atoms with Gasteiger partial charge in [-0.2, -0.15) is 8.78 Å². The molecular weight excluding hydrogens is 487 g/mol. The molecule has 3 aromatic rings. The van der Waals surface area contributed by atoms with Crippen molar-refractivity contribution in [3.05, 3.63) is 65.2 Å². The Morgan fingerprint density at radius 3 is 2.51 bits per heavy atom. The molecule has 0 spiro atoms. The standard InChI is InChI=1S/C27H30F3N3O4/c1-4-27(29,30)37-22-7-5-20(14-17(22)2)32-25(35)33-11-9-26(28,10-12-33)24-18(3)13-19(15-31-24)23-8-6-21(16-34)36-23/h5-8,13-15,34H,4,9-12,16H2,1-3H3,(H,32,35). The molecule has 1 aliphatic rings. The second-order valence-corrected chi connectivity index (χ2v) is 9.27. The summed E-state index contributed by atoms with van der Waals surface area (Å²) >= 11 is 0. The number of halogens is 3. The monoisotopic (exact) mass is 517 g/mol. The number of urea groups is 1. The minimum atomic E-state index is -3.27. The molecule has 2 N–H and O–H groups in total. The average Bonchev–Trinajstić information content (AvgIpc) is 3.35. The molecule has 37 heavy (non-hydrogen) atoms. The van der Waals surface area contributed by atoms with Crippen molar-refractivity contribution in [2.45, 2.75) is 58.4 Å². The van der Waals surface area contributed by atoms with Crippen molar-refractivity contribution >= 4 is 11.7 Å². The zero-order chi connectivity index (χ0) is 26.8. The molecule has 0 atom stereocenters. The first-order valence-corrected chi connectivity index (χ1v) is 12.1. The van der Waals surface area contributed by atoms with E-state index in [0.717, 1.165) is 0 Å². The number of piperidine rings is 1. The van der Waals surface area contributed by atoms with Crippen LogP contribution in [-0.4, -0.2) is 40.2 Å². The maximum atomic E-state index is 15.9. The number of carbonyl (C=O) groups excluding carboxylic acids is 1. The molecule has 3 heterocycles. The van der Waals surface area contributed by atoms with Crippen LogP contribution in [0.25, 0.3) is 11.3 Å². The first-order chi connectivity index (χ1) is 17.5. The van der Waals surface area contributed by atoms with Gasteiger partial charge in [0.25, 0.3) is 0 Å². The van der Waals surface area contributed by atoms with Crippen LogP contribution in [0.15, 0.2) is 47.0 Å². The number of furan rings is 1. The van der Waals surface area contributed by atoms with E-state index < -0.39 is 24.2 Å². The van der Waals surface area contributed by atoms with Crippen LogP contribution in [-0.2, 0) is 12.3 Å². The Hall–Kier alpha value is -3.53. The number of aliphatic hydroxyl groups excluding tert-OH is 1. The number of nitrogens with one attached hydrogen (secondary N) is 1. The van der Waals surface area contributed by atoms with Gasteiger partial charge < -0.3 is 24.5 Å². The molecule has 4 rings (SSSR count). The molecule has 0 radical (unpaired) electrons. The molecule has 1 saturated heterocycles. The fraction of sp³-hybridized carbons (Fsp3) is 0.407. The van der Waals surface area contributed by atoms with E-state index >= 15 is 4.39 Å². The topological polar surface area (TPSA) is 87.8 Å². The number of aliphatic hydroxyl groups is 1. The number of hydrogen-bond acceptors (Lipinski definition) is 5. The van der Waals surface area contributed by atoms with Gasteiger partial charge in [-0.1, -0.05) is 6.92 Å². The molecule has 2 amide bonds. The molecule has 1 fully saturated rings. The van der Waals surface area contributed by atoms with E-state index in [2.05, 4.69) is 10.3 Å². The van der Waals surface area contributed by atoms with Crippen molar-refractivity contribution in [3.63, 3.8) is 0 Å². The largest absolute Gasteiger partial charge is 0.459 e. The highest BCUT2D eigenvalue weighted by Gasteiger charge is 2.40. The van der Waals surface area contributed by atoms with Gasteiger partial charge in [0.15, 0.2) is 5.67 Å². The number of pyridine rings is 1. The Kier molecular flexibility index (Phi) is 7.49. The molecule has 10 heteroatoms. The summed E-state index contributed by atoms with van der Waals surface area (Å²) < 4.78 is 53.3. The van der Waals surface area contributed by atoms with Gasteiger partial charge in [0.05, 0.1) is 5.69 Å². The second kappa shape index (κ2) is 10.5. The average molecular weight is 518 g/mol. The summed E-state index contributed by atoms with van der Waals surface area (Å²) in [6.45, 7) is 4.90. The number of nitrogens with zero attached hydrogens (tertiary/aromatic N) is 2. The number of aromatic nitrogens is 1. The van der Waals surface area contributed by atoms with Gasteiger partial charge in [0.1, 0.15) is 23.9 Å². The van der Waals surface area contributed by atoms with Crippen LogP contribution in [0.3, 0.4) is 0 Å². The van der Waals surface area contributed by atoms with Gasteiger partial charge >= 0.3 is 12.1 Å². The first-order valence-electron chi connectivity index (χ1n) is 12.1. The predicted molar refractivity (Wildman–Crippen MR) is 132 cm³/mol. The van der Waals surface area contributed by atoms with E-state index in [1.807, 2.05) is 0 Å². The fourth-order valence-corrected chi connectivity index (χ4v) is 4.37. The number of anilines is 1. The molecular formula is C27H30F3N3O4. The van der Waals surface area contributed by atoms with Gasteiger partial charge in [0, 0.05) is 49.8 Å². The highest BCUT2D eigenvalue weighted by molar-refractivity contribution is 5.89. The summed E-state index contributed by atoms with van der Waals surface area (Å²) in [6.07, 6.45) is -2.00. The van der Waals surface area contributed by atoms with Crippen molar-refractivity contribution in [2.75, 3.05) is 18.4 Å². The Bertz CT molecular complexity index is 1270. The Balaban J connectivity index is 1.38. The van der Waals surface area contributed by atoms with E-state index in [-0.39, 0.29) is 38.3 Å². The molecule has 1 aliphatic heterocycles. The Morgan fingerprint density at radius 2 is 1.92 bits per heavy atom. The number of aryl methyl sites for hydroxylation is 2. The maximum Gasteiger partial charge on any atom is 0.397 e. The van der Waals surface area contributed by atoms with E-state index in [4.69, 9.17) is 9.15 Å². The third kappa shape index (κ3) is 5.90. The lowest BCUT2D eigenvalue weighted by Gasteiger charge is -2.36. The molecule has 7 nitrogen and oxygen atoms in total. The van der Waals surface area contributed by atoms with Crippen LogP contribution in [0.5, 0.6) is 5.75 Å².